The zero-order chi connectivity index (χ0) is 13.8. The summed E-state index contributed by atoms with van der Waals surface area (Å²) in [5.74, 6) is -0.936. The lowest BCUT2D eigenvalue weighted by molar-refractivity contribution is -0.122. The van der Waals surface area contributed by atoms with Crippen molar-refractivity contribution in [2.24, 2.45) is 0 Å². The van der Waals surface area contributed by atoms with Crippen LogP contribution in [0.5, 0.6) is 0 Å². The SMILES string of the molecule is CCNC(=O)[C@H](C)NS(=O)(=O)c1ccc(F)cc1. The van der Waals surface area contributed by atoms with E-state index in [0.717, 1.165) is 24.3 Å². The summed E-state index contributed by atoms with van der Waals surface area (Å²) >= 11 is 0. The highest BCUT2D eigenvalue weighted by atomic mass is 32.2. The van der Waals surface area contributed by atoms with Crippen LogP contribution in [0.25, 0.3) is 0 Å². The fourth-order valence-corrected chi connectivity index (χ4v) is 2.50. The van der Waals surface area contributed by atoms with E-state index < -0.39 is 27.8 Å². The molecule has 0 aromatic heterocycles. The van der Waals surface area contributed by atoms with Crippen LogP contribution in [0.2, 0.25) is 0 Å². The monoisotopic (exact) mass is 274 g/mol. The van der Waals surface area contributed by atoms with Crippen LogP contribution in [0.3, 0.4) is 0 Å². The van der Waals surface area contributed by atoms with Gasteiger partial charge in [0, 0.05) is 6.54 Å². The fraction of sp³-hybridized carbons (Fsp3) is 0.364. The van der Waals surface area contributed by atoms with Crippen molar-refractivity contribution in [3.8, 4) is 0 Å². The van der Waals surface area contributed by atoms with Gasteiger partial charge in [-0.05, 0) is 38.1 Å². The minimum absolute atomic E-state index is 0.0833. The molecule has 0 unspecified atom stereocenters. The van der Waals surface area contributed by atoms with Crippen LogP contribution < -0.4 is 10.0 Å². The van der Waals surface area contributed by atoms with Crippen LogP contribution in [0, 0.1) is 5.82 Å². The Kier molecular flexibility index (Phi) is 4.80. The van der Waals surface area contributed by atoms with Crippen LogP contribution >= 0.6 is 0 Å². The van der Waals surface area contributed by atoms with Crippen molar-refractivity contribution in [1.82, 2.24) is 10.0 Å². The van der Waals surface area contributed by atoms with Gasteiger partial charge in [0.2, 0.25) is 15.9 Å². The molecule has 0 saturated heterocycles. The van der Waals surface area contributed by atoms with Gasteiger partial charge in [-0.25, -0.2) is 12.8 Å². The molecule has 18 heavy (non-hydrogen) atoms. The van der Waals surface area contributed by atoms with Crippen molar-refractivity contribution in [3.63, 3.8) is 0 Å². The number of rotatable bonds is 5. The Morgan fingerprint density at radius 2 is 1.89 bits per heavy atom. The van der Waals surface area contributed by atoms with Crippen molar-refractivity contribution in [3.05, 3.63) is 30.1 Å². The molecule has 0 bridgehead atoms. The van der Waals surface area contributed by atoms with E-state index in [4.69, 9.17) is 0 Å². The number of benzene rings is 1. The Morgan fingerprint density at radius 1 is 1.33 bits per heavy atom. The van der Waals surface area contributed by atoms with Gasteiger partial charge in [0.15, 0.2) is 0 Å². The third-order valence-corrected chi connectivity index (χ3v) is 3.76. The summed E-state index contributed by atoms with van der Waals surface area (Å²) in [5, 5.41) is 2.50. The molecule has 1 atom stereocenters. The van der Waals surface area contributed by atoms with E-state index in [-0.39, 0.29) is 4.90 Å². The van der Waals surface area contributed by atoms with Gasteiger partial charge in [0.25, 0.3) is 0 Å². The number of hydrogen-bond acceptors (Lipinski definition) is 3. The summed E-state index contributed by atoms with van der Waals surface area (Å²) in [7, 11) is -3.82. The van der Waals surface area contributed by atoms with Crippen molar-refractivity contribution < 1.29 is 17.6 Å². The largest absolute Gasteiger partial charge is 0.355 e. The van der Waals surface area contributed by atoms with E-state index in [0.29, 0.717) is 6.54 Å². The van der Waals surface area contributed by atoms with Gasteiger partial charge in [-0.15, -0.1) is 0 Å². The standard InChI is InChI=1S/C11H15FN2O3S/c1-3-13-11(15)8(2)14-18(16,17)10-6-4-9(12)5-7-10/h4-8,14H,3H2,1-2H3,(H,13,15)/t8-/m0/s1. The summed E-state index contributed by atoms with van der Waals surface area (Å²) in [5.41, 5.74) is 0. The Labute approximate surface area is 105 Å². The smallest absolute Gasteiger partial charge is 0.241 e. The van der Waals surface area contributed by atoms with Gasteiger partial charge in [-0.1, -0.05) is 0 Å². The molecule has 1 amide bonds. The predicted octanol–water partition coefficient (Wildman–Crippen LogP) is 0.629. The van der Waals surface area contributed by atoms with Crippen LogP contribution in [-0.4, -0.2) is 26.9 Å². The van der Waals surface area contributed by atoms with Crippen LogP contribution in [0.1, 0.15) is 13.8 Å². The van der Waals surface area contributed by atoms with Gasteiger partial charge in [-0.2, -0.15) is 4.72 Å². The molecule has 0 heterocycles. The van der Waals surface area contributed by atoms with Crippen molar-refractivity contribution in [2.45, 2.75) is 24.8 Å². The third kappa shape index (κ3) is 3.78. The molecule has 0 aliphatic rings. The molecule has 1 aromatic carbocycles. The van der Waals surface area contributed by atoms with Gasteiger partial charge in [0.1, 0.15) is 5.82 Å². The average Bonchev–Trinajstić information content (AvgIpc) is 2.29. The highest BCUT2D eigenvalue weighted by Gasteiger charge is 2.21. The van der Waals surface area contributed by atoms with E-state index in [1.54, 1.807) is 6.92 Å². The van der Waals surface area contributed by atoms with E-state index in [1.807, 2.05) is 0 Å². The maximum atomic E-state index is 12.7. The minimum Gasteiger partial charge on any atom is -0.355 e. The molecule has 0 aliphatic carbocycles. The Morgan fingerprint density at radius 3 is 2.39 bits per heavy atom. The topological polar surface area (TPSA) is 75.3 Å². The minimum atomic E-state index is -3.82. The lowest BCUT2D eigenvalue weighted by Gasteiger charge is -2.13. The molecular weight excluding hydrogens is 259 g/mol. The van der Waals surface area contributed by atoms with E-state index in [2.05, 4.69) is 10.0 Å². The van der Waals surface area contributed by atoms with E-state index in [1.165, 1.54) is 6.92 Å². The number of amides is 1. The van der Waals surface area contributed by atoms with Crippen molar-refractivity contribution in [1.29, 1.82) is 0 Å². The summed E-state index contributed by atoms with van der Waals surface area (Å²) < 4.78 is 38.6. The fourth-order valence-electron chi connectivity index (χ4n) is 1.30. The molecule has 0 radical (unpaired) electrons. The number of carbonyl (C=O) groups is 1. The second-order valence-electron chi connectivity index (χ2n) is 3.69. The number of carbonyl (C=O) groups excluding carboxylic acids is 1. The Balaban J connectivity index is 2.82. The average molecular weight is 274 g/mol. The maximum absolute atomic E-state index is 12.7. The molecule has 5 nitrogen and oxygen atoms in total. The maximum Gasteiger partial charge on any atom is 0.241 e. The number of sulfonamides is 1. The van der Waals surface area contributed by atoms with Gasteiger partial charge in [0.05, 0.1) is 10.9 Å². The highest BCUT2D eigenvalue weighted by Crippen LogP contribution is 2.10. The Hall–Kier alpha value is -1.47. The normalized spacial score (nSPS) is 13.1. The molecule has 100 valence electrons. The molecule has 2 N–H and O–H groups in total. The summed E-state index contributed by atoms with van der Waals surface area (Å²) in [6.45, 7) is 3.59. The molecular formula is C11H15FN2O3S. The zero-order valence-corrected chi connectivity index (χ0v) is 10.9. The lowest BCUT2D eigenvalue weighted by Crippen LogP contribution is -2.44. The first kappa shape index (κ1) is 14.6. The second-order valence-corrected chi connectivity index (χ2v) is 5.41. The van der Waals surface area contributed by atoms with Gasteiger partial charge < -0.3 is 5.32 Å². The molecule has 1 rings (SSSR count). The summed E-state index contributed by atoms with van der Waals surface area (Å²) in [4.78, 5) is 11.3. The van der Waals surface area contributed by atoms with Crippen molar-refractivity contribution in [2.75, 3.05) is 6.54 Å². The first-order valence-corrected chi connectivity index (χ1v) is 6.90. The van der Waals surface area contributed by atoms with E-state index in [9.17, 15) is 17.6 Å². The zero-order valence-electron chi connectivity index (χ0n) is 10.1. The second kappa shape index (κ2) is 5.92. The van der Waals surface area contributed by atoms with Crippen LogP contribution in [0.15, 0.2) is 29.2 Å². The predicted molar refractivity (Wildman–Crippen MR) is 64.9 cm³/mol. The summed E-state index contributed by atoms with van der Waals surface area (Å²) in [6.07, 6.45) is 0. The van der Waals surface area contributed by atoms with Crippen LogP contribution in [0.4, 0.5) is 4.39 Å². The number of nitrogens with one attached hydrogen (secondary N) is 2. The molecule has 7 heteroatoms. The number of hydrogen-bond donors (Lipinski definition) is 2. The Bertz CT molecular complexity index is 514. The van der Waals surface area contributed by atoms with Gasteiger partial charge in [-0.3, -0.25) is 4.79 Å². The number of likely N-dealkylation sites (N-methyl/N-ethyl adjacent to an activating group) is 1. The molecule has 0 fully saturated rings. The quantitative estimate of drug-likeness (QED) is 0.827. The lowest BCUT2D eigenvalue weighted by atomic mass is 10.3. The molecule has 0 aliphatic heterocycles. The molecule has 1 aromatic rings. The number of halogens is 1. The van der Waals surface area contributed by atoms with Crippen molar-refractivity contribution >= 4 is 15.9 Å². The van der Waals surface area contributed by atoms with Crippen LogP contribution in [-0.2, 0) is 14.8 Å². The first-order valence-electron chi connectivity index (χ1n) is 5.42. The molecule has 0 spiro atoms. The van der Waals surface area contributed by atoms with E-state index >= 15 is 0 Å². The van der Waals surface area contributed by atoms with Gasteiger partial charge >= 0.3 is 0 Å². The highest BCUT2D eigenvalue weighted by molar-refractivity contribution is 7.89. The molecule has 0 saturated carbocycles. The first-order chi connectivity index (χ1) is 8.36. The third-order valence-electron chi connectivity index (χ3n) is 2.20. The summed E-state index contributed by atoms with van der Waals surface area (Å²) in [6, 6.07) is 3.49.